The molecule has 25 heavy (non-hydrogen) atoms. The smallest absolute Gasteiger partial charge is 0.271 e. The minimum atomic E-state index is -0.237. The molecule has 0 aliphatic heterocycles. The summed E-state index contributed by atoms with van der Waals surface area (Å²) in [6.45, 7) is 8.97. The van der Waals surface area contributed by atoms with Crippen LogP contribution in [0.15, 0.2) is 41.5 Å². The van der Waals surface area contributed by atoms with E-state index in [2.05, 4.69) is 36.5 Å². The van der Waals surface area contributed by atoms with E-state index >= 15 is 0 Å². The number of aryl methyl sites for hydroxylation is 3. The second-order valence-corrected chi connectivity index (χ2v) is 6.24. The number of unbranched alkanes of at least 4 members (excludes halogenated alkanes) is 1. The lowest BCUT2D eigenvalue weighted by molar-refractivity contribution is 0.0955. The van der Waals surface area contributed by atoms with Gasteiger partial charge in [0.1, 0.15) is 5.75 Å². The normalized spacial score (nSPS) is 10.9. The molecule has 0 fully saturated rings. The number of amides is 1. The number of nitrogens with zero attached hydrogens (tertiary/aromatic N) is 1. The summed E-state index contributed by atoms with van der Waals surface area (Å²) in [5.41, 5.74) is 7.67. The highest BCUT2D eigenvalue weighted by Gasteiger charge is 2.05. The number of hydrogen-bond acceptors (Lipinski definition) is 3. The second kappa shape index (κ2) is 9.02. The van der Waals surface area contributed by atoms with Crippen molar-refractivity contribution in [2.24, 2.45) is 5.10 Å². The van der Waals surface area contributed by atoms with Crippen LogP contribution in [0, 0.1) is 20.8 Å². The van der Waals surface area contributed by atoms with Crippen molar-refractivity contribution in [2.45, 2.75) is 40.5 Å². The lowest BCUT2D eigenvalue weighted by Crippen LogP contribution is -2.17. The van der Waals surface area contributed by atoms with Crippen molar-refractivity contribution in [3.8, 4) is 5.75 Å². The van der Waals surface area contributed by atoms with Crippen LogP contribution < -0.4 is 10.2 Å². The van der Waals surface area contributed by atoms with E-state index in [1.54, 1.807) is 18.3 Å². The van der Waals surface area contributed by atoms with Crippen LogP contribution >= 0.6 is 0 Å². The second-order valence-electron chi connectivity index (χ2n) is 6.24. The number of rotatable bonds is 7. The maximum absolute atomic E-state index is 12.2. The zero-order chi connectivity index (χ0) is 18.2. The highest BCUT2D eigenvalue weighted by atomic mass is 16.5. The number of hydrogen-bond donors (Lipinski definition) is 1. The molecule has 2 aromatic rings. The first-order valence-corrected chi connectivity index (χ1v) is 8.65. The maximum Gasteiger partial charge on any atom is 0.271 e. The summed E-state index contributed by atoms with van der Waals surface area (Å²) in [7, 11) is 0. The van der Waals surface area contributed by atoms with E-state index in [0.29, 0.717) is 12.2 Å². The molecule has 132 valence electrons. The molecule has 0 unspecified atom stereocenters. The Hall–Kier alpha value is -2.62. The average molecular weight is 338 g/mol. The van der Waals surface area contributed by atoms with Crippen molar-refractivity contribution in [3.63, 3.8) is 0 Å². The van der Waals surface area contributed by atoms with Gasteiger partial charge in [0.05, 0.1) is 12.8 Å². The van der Waals surface area contributed by atoms with Gasteiger partial charge in [-0.2, -0.15) is 5.10 Å². The van der Waals surface area contributed by atoms with Gasteiger partial charge in [-0.25, -0.2) is 5.43 Å². The highest BCUT2D eigenvalue weighted by molar-refractivity contribution is 5.95. The third-order valence-corrected chi connectivity index (χ3v) is 3.98. The van der Waals surface area contributed by atoms with Crippen LogP contribution in [0.25, 0.3) is 0 Å². The summed E-state index contributed by atoms with van der Waals surface area (Å²) < 4.78 is 5.59. The molecule has 1 amide bonds. The van der Waals surface area contributed by atoms with Crippen LogP contribution in [-0.4, -0.2) is 18.7 Å². The SMILES string of the molecule is CCCCOc1ccc(C(=O)NN=Cc2c(C)cc(C)cc2C)cc1. The molecule has 4 nitrogen and oxygen atoms in total. The van der Waals surface area contributed by atoms with Crippen LogP contribution in [-0.2, 0) is 0 Å². The molecule has 0 atom stereocenters. The van der Waals surface area contributed by atoms with Gasteiger partial charge in [-0.3, -0.25) is 4.79 Å². The third kappa shape index (κ3) is 5.45. The predicted octanol–water partition coefficient (Wildman–Crippen LogP) is 4.55. The summed E-state index contributed by atoms with van der Waals surface area (Å²) in [6, 6.07) is 11.3. The fourth-order valence-corrected chi connectivity index (χ4v) is 2.65. The van der Waals surface area contributed by atoms with Gasteiger partial charge in [0.15, 0.2) is 0 Å². The zero-order valence-electron chi connectivity index (χ0n) is 15.4. The van der Waals surface area contributed by atoms with Gasteiger partial charge in [-0.15, -0.1) is 0 Å². The van der Waals surface area contributed by atoms with Crippen LogP contribution in [0.1, 0.15) is 52.4 Å². The Morgan fingerprint density at radius 1 is 1.12 bits per heavy atom. The molecule has 0 aromatic heterocycles. The van der Waals surface area contributed by atoms with E-state index in [4.69, 9.17) is 4.74 Å². The summed E-state index contributed by atoms with van der Waals surface area (Å²) in [5, 5.41) is 4.10. The molecule has 0 radical (unpaired) electrons. The number of hydrazone groups is 1. The van der Waals surface area contributed by atoms with Crippen molar-refractivity contribution in [2.75, 3.05) is 6.61 Å². The monoisotopic (exact) mass is 338 g/mol. The van der Waals surface area contributed by atoms with Gasteiger partial charge in [0.2, 0.25) is 0 Å². The van der Waals surface area contributed by atoms with E-state index in [-0.39, 0.29) is 5.91 Å². The molecule has 1 N–H and O–H groups in total. The fraction of sp³-hybridized carbons (Fsp3) is 0.333. The molecular formula is C21H26N2O2. The first kappa shape index (κ1) is 18.7. The minimum absolute atomic E-state index is 0.237. The van der Waals surface area contributed by atoms with Gasteiger partial charge >= 0.3 is 0 Å². The number of nitrogens with one attached hydrogen (secondary N) is 1. The van der Waals surface area contributed by atoms with Crippen LogP contribution in [0.3, 0.4) is 0 Å². The van der Waals surface area contributed by atoms with Crippen molar-refractivity contribution in [3.05, 3.63) is 64.2 Å². The minimum Gasteiger partial charge on any atom is -0.494 e. The molecule has 0 aliphatic carbocycles. The number of carbonyl (C=O) groups excluding carboxylic acids is 1. The summed E-state index contributed by atoms with van der Waals surface area (Å²) in [4.78, 5) is 12.2. The standard InChI is InChI=1S/C21H26N2O2/c1-5-6-11-25-19-9-7-18(8-10-19)21(24)23-22-14-20-16(3)12-15(2)13-17(20)4/h7-10,12-14H,5-6,11H2,1-4H3,(H,23,24). The van der Waals surface area contributed by atoms with Gasteiger partial charge < -0.3 is 4.74 Å². The molecule has 2 aromatic carbocycles. The molecule has 0 bridgehead atoms. The Kier molecular flexibility index (Phi) is 6.75. The van der Waals surface area contributed by atoms with Crippen molar-refractivity contribution in [1.29, 1.82) is 0 Å². The summed E-state index contributed by atoms with van der Waals surface area (Å²) in [6.07, 6.45) is 3.82. The maximum atomic E-state index is 12.2. The Labute approximate surface area is 149 Å². The van der Waals surface area contributed by atoms with Gasteiger partial charge in [0.25, 0.3) is 5.91 Å². The van der Waals surface area contributed by atoms with E-state index in [1.165, 1.54) is 5.56 Å². The van der Waals surface area contributed by atoms with Gasteiger partial charge in [-0.05, 0) is 62.6 Å². The molecule has 0 saturated carbocycles. The summed E-state index contributed by atoms with van der Waals surface area (Å²) in [5.74, 6) is 0.540. The Bertz CT molecular complexity index is 726. The Morgan fingerprint density at radius 2 is 1.76 bits per heavy atom. The van der Waals surface area contributed by atoms with Crippen molar-refractivity contribution in [1.82, 2.24) is 5.43 Å². The quantitative estimate of drug-likeness (QED) is 0.457. The van der Waals surface area contributed by atoms with Crippen LogP contribution in [0.5, 0.6) is 5.75 Å². The predicted molar refractivity (Wildman–Crippen MR) is 103 cm³/mol. The topological polar surface area (TPSA) is 50.7 Å². The Balaban J connectivity index is 1.96. The van der Waals surface area contributed by atoms with Crippen LogP contribution in [0.4, 0.5) is 0 Å². The van der Waals surface area contributed by atoms with E-state index in [9.17, 15) is 4.79 Å². The fourth-order valence-electron chi connectivity index (χ4n) is 2.65. The zero-order valence-corrected chi connectivity index (χ0v) is 15.4. The number of carbonyl (C=O) groups is 1. The van der Waals surface area contributed by atoms with Crippen molar-refractivity contribution < 1.29 is 9.53 Å². The molecule has 0 aliphatic rings. The third-order valence-electron chi connectivity index (χ3n) is 3.98. The first-order chi connectivity index (χ1) is 12.0. The van der Waals surface area contributed by atoms with E-state index < -0.39 is 0 Å². The highest BCUT2D eigenvalue weighted by Crippen LogP contribution is 2.15. The molecule has 2 rings (SSSR count). The number of ether oxygens (including phenoxy) is 1. The lowest BCUT2D eigenvalue weighted by atomic mass is 10.0. The van der Waals surface area contributed by atoms with Gasteiger partial charge in [-0.1, -0.05) is 31.0 Å². The van der Waals surface area contributed by atoms with Crippen LogP contribution in [0.2, 0.25) is 0 Å². The van der Waals surface area contributed by atoms with E-state index in [0.717, 1.165) is 35.3 Å². The lowest BCUT2D eigenvalue weighted by Gasteiger charge is -2.07. The molecule has 0 spiro atoms. The van der Waals surface area contributed by atoms with Crippen molar-refractivity contribution >= 4 is 12.1 Å². The molecule has 0 saturated heterocycles. The largest absolute Gasteiger partial charge is 0.494 e. The number of benzene rings is 2. The summed E-state index contributed by atoms with van der Waals surface area (Å²) >= 11 is 0. The Morgan fingerprint density at radius 3 is 2.36 bits per heavy atom. The molecule has 0 heterocycles. The molecule has 4 heteroatoms. The van der Waals surface area contributed by atoms with Gasteiger partial charge in [0, 0.05) is 11.1 Å². The van der Waals surface area contributed by atoms with E-state index in [1.807, 2.05) is 26.0 Å². The molecular weight excluding hydrogens is 312 g/mol. The average Bonchev–Trinajstić information content (AvgIpc) is 2.58. The first-order valence-electron chi connectivity index (χ1n) is 8.65.